The highest BCUT2D eigenvalue weighted by Gasteiger charge is 2.34. The number of rotatable bonds is 6. The van der Waals surface area contributed by atoms with Gasteiger partial charge in [-0.05, 0) is 91.5 Å². The van der Waals surface area contributed by atoms with Gasteiger partial charge in [0.1, 0.15) is 16.8 Å². The summed E-state index contributed by atoms with van der Waals surface area (Å²) in [5.74, 6) is 1.76. The van der Waals surface area contributed by atoms with Crippen molar-refractivity contribution in [3.05, 3.63) is 125 Å². The molecule has 0 amide bonds. The fourth-order valence-corrected chi connectivity index (χ4v) is 7.93. The van der Waals surface area contributed by atoms with Crippen LogP contribution in [-0.4, -0.2) is 9.13 Å². The molecule has 0 unspecified atom stereocenters. The number of benzene rings is 5. The van der Waals surface area contributed by atoms with Gasteiger partial charge in [0, 0.05) is 46.9 Å². The number of imidazole rings is 1. The topological polar surface area (TPSA) is 26.9 Å². The normalized spacial score (nSPS) is 14.6. The molecule has 0 bridgehead atoms. The number of nitrogens with zero attached hydrogens (tertiary/aromatic N) is 3. The number of hydrogen-bond donors (Lipinski definition) is 0. The molecule has 0 aliphatic heterocycles. The molecule has 3 heterocycles. The van der Waals surface area contributed by atoms with Crippen molar-refractivity contribution in [3.63, 3.8) is 0 Å². The molecule has 0 saturated carbocycles. The van der Waals surface area contributed by atoms with Crippen LogP contribution in [0.1, 0.15) is 101 Å². The molecule has 0 saturated heterocycles. The average Bonchev–Trinajstić information content (AvgIpc) is 3.79. The SMILES string of the molecule is [2H]C([2H])([2H])c1c(C([2H])([2H])[2H])n(-c2ccccc2)c2ccc3oc4c(-c5n(-c6c(C(C)C)cc(C(C)C)cc6C(C)C)c6ccccc6[n+]5C)c(C)ccc4c3c12. The molecule has 0 radical (unpaired) electrons. The Kier molecular flexibility index (Phi) is 6.07. The summed E-state index contributed by atoms with van der Waals surface area (Å²) in [4.78, 5) is 0. The Morgan fingerprint density at radius 1 is 0.700 bits per heavy atom. The van der Waals surface area contributed by atoms with E-state index in [4.69, 9.17) is 12.6 Å². The second-order valence-corrected chi connectivity index (χ2v) is 14.7. The summed E-state index contributed by atoms with van der Waals surface area (Å²) in [5, 5.41) is 1.67. The maximum atomic E-state index is 8.80. The van der Waals surface area contributed by atoms with Crippen LogP contribution in [0.5, 0.6) is 0 Å². The van der Waals surface area contributed by atoms with Gasteiger partial charge in [0.15, 0.2) is 16.6 Å². The van der Waals surface area contributed by atoms with Gasteiger partial charge in [0.05, 0.1) is 12.6 Å². The van der Waals surface area contributed by atoms with Crippen molar-refractivity contribution in [2.45, 2.75) is 79.9 Å². The van der Waals surface area contributed by atoms with Gasteiger partial charge in [0.25, 0.3) is 5.82 Å². The highest BCUT2D eigenvalue weighted by atomic mass is 16.3. The Hall–Kier alpha value is -5.09. The fraction of sp³-hybridized carbons (Fsp3) is 0.283. The Morgan fingerprint density at radius 3 is 2.06 bits per heavy atom. The van der Waals surface area contributed by atoms with Crippen molar-refractivity contribution in [3.8, 4) is 22.8 Å². The molecular weight excluding hydrogens is 611 g/mol. The van der Waals surface area contributed by atoms with E-state index >= 15 is 0 Å². The van der Waals surface area contributed by atoms with Crippen LogP contribution in [-0.2, 0) is 7.05 Å². The van der Waals surface area contributed by atoms with Gasteiger partial charge < -0.3 is 8.98 Å². The molecule has 252 valence electrons. The van der Waals surface area contributed by atoms with E-state index in [1.54, 1.807) is 22.8 Å². The lowest BCUT2D eigenvalue weighted by Crippen LogP contribution is -2.30. The van der Waals surface area contributed by atoms with E-state index in [1.807, 2.05) is 30.3 Å². The van der Waals surface area contributed by atoms with Gasteiger partial charge in [-0.15, -0.1) is 0 Å². The van der Waals surface area contributed by atoms with Crippen LogP contribution >= 0.6 is 0 Å². The van der Waals surface area contributed by atoms with Gasteiger partial charge in [-0.1, -0.05) is 96.1 Å². The third kappa shape index (κ3) is 4.61. The lowest BCUT2D eigenvalue weighted by Gasteiger charge is -2.21. The van der Waals surface area contributed by atoms with E-state index < -0.39 is 13.7 Å². The maximum absolute atomic E-state index is 8.80. The first kappa shape index (κ1) is 25.8. The molecule has 0 spiro atoms. The molecule has 0 N–H and O–H groups in total. The van der Waals surface area contributed by atoms with Crippen LogP contribution in [0.2, 0.25) is 0 Å². The van der Waals surface area contributed by atoms with E-state index in [1.165, 1.54) is 16.7 Å². The van der Waals surface area contributed by atoms with Crippen LogP contribution in [0.25, 0.3) is 66.6 Å². The van der Waals surface area contributed by atoms with E-state index in [0.29, 0.717) is 39.1 Å². The Bertz CT molecular complexity index is 2800. The van der Waals surface area contributed by atoms with Crippen molar-refractivity contribution in [1.29, 1.82) is 0 Å². The van der Waals surface area contributed by atoms with Crippen molar-refractivity contribution >= 4 is 43.9 Å². The molecule has 8 rings (SSSR count). The molecular formula is C46H48N3O+. The minimum Gasteiger partial charge on any atom is -0.455 e. The Morgan fingerprint density at radius 2 is 1.40 bits per heavy atom. The van der Waals surface area contributed by atoms with E-state index in [9.17, 15) is 0 Å². The summed E-state index contributed by atoms with van der Waals surface area (Å²) in [7, 11) is 2.09. The van der Waals surface area contributed by atoms with Crippen LogP contribution in [0, 0.1) is 20.6 Å². The van der Waals surface area contributed by atoms with E-state index in [-0.39, 0.29) is 23.1 Å². The molecule has 0 aliphatic rings. The highest BCUT2D eigenvalue weighted by molar-refractivity contribution is 6.21. The summed E-state index contributed by atoms with van der Waals surface area (Å²) in [5.41, 5.74) is 10.8. The fourth-order valence-electron chi connectivity index (χ4n) is 7.93. The summed E-state index contributed by atoms with van der Waals surface area (Å²) in [6.45, 7) is 10.1. The number of aryl methyl sites for hydroxylation is 3. The van der Waals surface area contributed by atoms with E-state index in [2.05, 4.69) is 107 Å². The quantitative estimate of drug-likeness (QED) is 0.163. The zero-order chi connectivity index (χ0) is 40.2. The van der Waals surface area contributed by atoms with Crippen LogP contribution in [0.15, 0.2) is 95.4 Å². The standard InChI is InChI=1S/C46H48N3O/c1-26(2)32-24-35(27(3)4)44(36(25-32)28(5)6)49-38-19-15-14-18-37(38)47(10)46(49)41-29(7)20-21-34-43-40(50-45(34)41)23-22-39-42(43)30(8)31(9)48(39)33-16-12-11-13-17-33/h11-28H,1-10H3/q+1/i8D3,9D3. The predicted molar refractivity (Wildman–Crippen MR) is 210 cm³/mol. The number of furan rings is 1. The van der Waals surface area contributed by atoms with Crippen molar-refractivity contribution in [1.82, 2.24) is 9.13 Å². The van der Waals surface area contributed by atoms with Crippen molar-refractivity contribution in [2.75, 3.05) is 0 Å². The van der Waals surface area contributed by atoms with Gasteiger partial charge >= 0.3 is 0 Å². The molecule has 4 heteroatoms. The number of para-hydroxylation sites is 3. The van der Waals surface area contributed by atoms with Gasteiger partial charge in [0.2, 0.25) is 0 Å². The minimum atomic E-state index is -2.74. The molecule has 0 fully saturated rings. The first-order valence-corrected chi connectivity index (χ1v) is 17.7. The van der Waals surface area contributed by atoms with E-state index in [0.717, 1.165) is 39.1 Å². The first-order valence-electron chi connectivity index (χ1n) is 20.7. The molecule has 50 heavy (non-hydrogen) atoms. The second kappa shape index (κ2) is 11.8. The van der Waals surface area contributed by atoms with Crippen LogP contribution in [0.3, 0.4) is 0 Å². The third-order valence-electron chi connectivity index (χ3n) is 10.5. The Labute approximate surface area is 304 Å². The number of hydrogen-bond acceptors (Lipinski definition) is 1. The average molecular weight is 665 g/mol. The van der Waals surface area contributed by atoms with Crippen LogP contribution in [0.4, 0.5) is 0 Å². The van der Waals surface area contributed by atoms with Gasteiger partial charge in [-0.2, -0.15) is 4.57 Å². The monoisotopic (exact) mass is 664 g/mol. The lowest BCUT2D eigenvalue weighted by molar-refractivity contribution is -0.633. The molecule has 3 aromatic heterocycles. The Balaban J connectivity index is 1.57. The number of aromatic nitrogens is 3. The smallest absolute Gasteiger partial charge is 0.299 e. The summed E-state index contributed by atoms with van der Waals surface area (Å²) in [6, 6.07) is 30.0. The molecule has 8 aromatic rings. The van der Waals surface area contributed by atoms with Crippen molar-refractivity contribution < 1.29 is 17.2 Å². The molecule has 0 atom stereocenters. The predicted octanol–water partition coefficient (Wildman–Crippen LogP) is 12.3. The zero-order valence-corrected chi connectivity index (χ0v) is 30.1. The summed E-state index contributed by atoms with van der Waals surface area (Å²) < 4.78 is 65.6. The van der Waals surface area contributed by atoms with Gasteiger partial charge in [-0.25, -0.2) is 4.57 Å². The lowest BCUT2D eigenvalue weighted by atomic mass is 9.87. The molecule has 5 aromatic carbocycles. The van der Waals surface area contributed by atoms with Crippen molar-refractivity contribution in [2.24, 2.45) is 7.05 Å². The molecule has 0 aliphatic carbocycles. The number of fused-ring (bicyclic) bond motifs is 6. The highest BCUT2D eigenvalue weighted by Crippen LogP contribution is 2.45. The molecule has 4 nitrogen and oxygen atoms in total. The van der Waals surface area contributed by atoms with Gasteiger partial charge in [-0.3, -0.25) is 0 Å². The zero-order valence-electron chi connectivity index (χ0n) is 36.1. The first-order chi connectivity index (χ1) is 26.4. The minimum absolute atomic E-state index is 0.181. The second-order valence-electron chi connectivity index (χ2n) is 14.7. The van der Waals surface area contributed by atoms with Crippen LogP contribution < -0.4 is 4.57 Å². The summed E-state index contributed by atoms with van der Waals surface area (Å²) >= 11 is 0. The third-order valence-corrected chi connectivity index (χ3v) is 10.5. The summed E-state index contributed by atoms with van der Waals surface area (Å²) in [6.07, 6.45) is 0. The largest absolute Gasteiger partial charge is 0.455 e. The maximum Gasteiger partial charge on any atom is 0.299 e.